The Morgan fingerprint density at radius 2 is 1.73 bits per heavy atom. The second-order valence-corrected chi connectivity index (χ2v) is 5.74. The summed E-state index contributed by atoms with van der Waals surface area (Å²) < 4.78 is 9.85. The molecule has 1 N–H and O–H groups in total. The van der Waals surface area contributed by atoms with Crippen LogP contribution in [0.1, 0.15) is 38.2 Å². The van der Waals surface area contributed by atoms with Crippen molar-refractivity contribution < 1.29 is 19.1 Å². The molecule has 1 fully saturated rings. The van der Waals surface area contributed by atoms with Crippen LogP contribution in [0.15, 0.2) is 24.3 Å². The number of hydrogen-bond acceptors (Lipinski definition) is 4. The number of carbonyl (C=O) groups is 2. The molecule has 1 aromatic carbocycles. The van der Waals surface area contributed by atoms with E-state index in [1.54, 1.807) is 14.0 Å². The number of hydrogen-bond donors (Lipinski definition) is 1. The van der Waals surface area contributed by atoms with Crippen LogP contribution in [0.3, 0.4) is 0 Å². The van der Waals surface area contributed by atoms with E-state index in [1.807, 2.05) is 24.3 Å². The van der Waals surface area contributed by atoms with Crippen LogP contribution < -0.4 is 10.1 Å². The molecule has 5 nitrogen and oxygen atoms in total. The SMILES string of the molecule is COC(=O)[C@H](C)NC(=O)C1(c2ccc(OC)cc2)CCCC1. The van der Waals surface area contributed by atoms with Gasteiger partial charge < -0.3 is 14.8 Å². The summed E-state index contributed by atoms with van der Waals surface area (Å²) in [6, 6.07) is 6.96. The summed E-state index contributed by atoms with van der Waals surface area (Å²) in [6.45, 7) is 1.64. The molecular weight excluding hydrogens is 282 g/mol. The van der Waals surface area contributed by atoms with Crippen LogP contribution in [-0.4, -0.2) is 32.1 Å². The maximum absolute atomic E-state index is 12.8. The summed E-state index contributed by atoms with van der Waals surface area (Å²) in [5.41, 5.74) is 0.412. The molecule has 120 valence electrons. The molecule has 1 aliphatic carbocycles. The minimum absolute atomic E-state index is 0.104. The van der Waals surface area contributed by atoms with Crippen molar-refractivity contribution in [3.8, 4) is 5.75 Å². The van der Waals surface area contributed by atoms with E-state index in [2.05, 4.69) is 10.1 Å². The Morgan fingerprint density at radius 3 is 2.23 bits per heavy atom. The summed E-state index contributed by atoms with van der Waals surface area (Å²) in [5.74, 6) is 0.226. The molecule has 0 bridgehead atoms. The number of amides is 1. The van der Waals surface area contributed by atoms with Crippen molar-refractivity contribution in [2.45, 2.75) is 44.1 Å². The summed E-state index contributed by atoms with van der Waals surface area (Å²) in [6.07, 6.45) is 3.59. The highest BCUT2D eigenvalue weighted by Crippen LogP contribution is 2.41. The molecule has 0 unspecified atom stereocenters. The third kappa shape index (κ3) is 3.08. The van der Waals surface area contributed by atoms with Gasteiger partial charge in [-0.05, 0) is 37.5 Å². The lowest BCUT2D eigenvalue weighted by molar-refractivity contribution is -0.145. The van der Waals surface area contributed by atoms with Crippen LogP contribution in [0.2, 0.25) is 0 Å². The van der Waals surface area contributed by atoms with Gasteiger partial charge in [-0.15, -0.1) is 0 Å². The van der Waals surface area contributed by atoms with E-state index in [9.17, 15) is 9.59 Å². The Balaban J connectivity index is 2.23. The Hall–Kier alpha value is -2.04. The largest absolute Gasteiger partial charge is 0.497 e. The topological polar surface area (TPSA) is 64.6 Å². The lowest BCUT2D eigenvalue weighted by atomic mass is 9.78. The fraction of sp³-hybridized carbons (Fsp3) is 0.529. The summed E-state index contributed by atoms with van der Waals surface area (Å²) in [7, 11) is 2.94. The molecule has 1 aromatic rings. The van der Waals surface area contributed by atoms with Crippen molar-refractivity contribution in [3.05, 3.63) is 29.8 Å². The van der Waals surface area contributed by atoms with E-state index in [0.717, 1.165) is 37.0 Å². The molecule has 1 atom stereocenters. The number of carbonyl (C=O) groups excluding carboxylic acids is 2. The van der Waals surface area contributed by atoms with Crippen LogP contribution in [-0.2, 0) is 19.7 Å². The van der Waals surface area contributed by atoms with Crippen LogP contribution in [0.4, 0.5) is 0 Å². The Bertz CT molecular complexity index is 532. The molecule has 1 amide bonds. The number of rotatable bonds is 5. The highest BCUT2D eigenvalue weighted by atomic mass is 16.5. The van der Waals surface area contributed by atoms with Crippen LogP contribution in [0, 0.1) is 0 Å². The molecule has 0 radical (unpaired) electrons. The molecule has 2 rings (SSSR count). The first kappa shape index (κ1) is 16.3. The standard InChI is InChI=1S/C17H23NO4/c1-12(15(19)22-3)18-16(20)17(10-4-5-11-17)13-6-8-14(21-2)9-7-13/h6-9,12H,4-5,10-11H2,1-3H3,(H,18,20)/t12-/m0/s1. The minimum Gasteiger partial charge on any atom is -0.497 e. The Morgan fingerprint density at radius 1 is 1.14 bits per heavy atom. The van der Waals surface area contributed by atoms with Crippen LogP contribution in [0.25, 0.3) is 0 Å². The van der Waals surface area contributed by atoms with Crippen LogP contribution in [0.5, 0.6) is 5.75 Å². The van der Waals surface area contributed by atoms with Gasteiger partial charge in [-0.25, -0.2) is 4.79 Å². The predicted octanol–water partition coefficient (Wildman–Crippen LogP) is 2.18. The summed E-state index contributed by atoms with van der Waals surface area (Å²) in [4.78, 5) is 24.3. The third-order valence-corrected chi connectivity index (χ3v) is 4.44. The smallest absolute Gasteiger partial charge is 0.328 e. The van der Waals surface area contributed by atoms with Crippen molar-refractivity contribution in [1.29, 1.82) is 0 Å². The van der Waals surface area contributed by atoms with Crippen molar-refractivity contribution >= 4 is 11.9 Å². The van der Waals surface area contributed by atoms with E-state index in [1.165, 1.54) is 7.11 Å². The van der Waals surface area contributed by atoms with Gasteiger partial charge in [-0.1, -0.05) is 25.0 Å². The minimum atomic E-state index is -0.645. The van der Waals surface area contributed by atoms with Crippen molar-refractivity contribution in [1.82, 2.24) is 5.32 Å². The summed E-state index contributed by atoms with van der Waals surface area (Å²) in [5, 5.41) is 2.80. The van der Waals surface area contributed by atoms with Gasteiger partial charge in [-0.3, -0.25) is 4.79 Å². The van der Waals surface area contributed by atoms with Crippen LogP contribution >= 0.6 is 0 Å². The van der Waals surface area contributed by atoms with Gasteiger partial charge in [-0.2, -0.15) is 0 Å². The van der Waals surface area contributed by atoms with Crippen molar-refractivity contribution in [2.75, 3.05) is 14.2 Å². The lowest BCUT2D eigenvalue weighted by Crippen LogP contribution is -2.48. The average molecular weight is 305 g/mol. The normalized spacial score (nSPS) is 17.6. The third-order valence-electron chi connectivity index (χ3n) is 4.44. The summed E-state index contributed by atoms with van der Waals surface area (Å²) >= 11 is 0. The zero-order valence-corrected chi connectivity index (χ0v) is 13.3. The number of nitrogens with one attached hydrogen (secondary N) is 1. The molecule has 1 saturated carbocycles. The average Bonchev–Trinajstić information content (AvgIpc) is 3.05. The molecule has 1 aliphatic rings. The van der Waals surface area contributed by atoms with Gasteiger partial charge in [0.15, 0.2) is 0 Å². The monoisotopic (exact) mass is 305 g/mol. The first-order valence-electron chi connectivity index (χ1n) is 7.57. The number of methoxy groups -OCH3 is 2. The van der Waals surface area contributed by atoms with Gasteiger partial charge in [0.1, 0.15) is 11.8 Å². The van der Waals surface area contributed by atoms with Gasteiger partial charge in [0.2, 0.25) is 5.91 Å². The van der Waals surface area contributed by atoms with Crippen molar-refractivity contribution in [3.63, 3.8) is 0 Å². The zero-order chi connectivity index (χ0) is 16.2. The van der Waals surface area contributed by atoms with E-state index in [4.69, 9.17) is 4.74 Å². The van der Waals surface area contributed by atoms with Gasteiger partial charge in [0.25, 0.3) is 0 Å². The molecule has 0 aliphatic heterocycles. The second-order valence-electron chi connectivity index (χ2n) is 5.74. The van der Waals surface area contributed by atoms with Gasteiger partial charge in [0, 0.05) is 0 Å². The molecule has 0 aromatic heterocycles. The lowest BCUT2D eigenvalue weighted by Gasteiger charge is -2.29. The van der Waals surface area contributed by atoms with E-state index in [-0.39, 0.29) is 5.91 Å². The fourth-order valence-electron chi connectivity index (χ4n) is 3.11. The molecule has 0 spiro atoms. The zero-order valence-electron chi connectivity index (χ0n) is 13.3. The van der Waals surface area contributed by atoms with Gasteiger partial charge >= 0.3 is 5.97 Å². The van der Waals surface area contributed by atoms with Crippen molar-refractivity contribution in [2.24, 2.45) is 0 Å². The molecule has 22 heavy (non-hydrogen) atoms. The Labute approximate surface area is 131 Å². The van der Waals surface area contributed by atoms with E-state index in [0.29, 0.717) is 0 Å². The maximum Gasteiger partial charge on any atom is 0.328 e. The van der Waals surface area contributed by atoms with E-state index >= 15 is 0 Å². The second kappa shape index (κ2) is 6.81. The highest BCUT2D eigenvalue weighted by Gasteiger charge is 2.43. The quantitative estimate of drug-likeness (QED) is 0.847. The fourth-order valence-corrected chi connectivity index (χ4v) is 3.11. The number of benzene rings is 1. The van der Waals surface area contributed by atoms with E-state index < -0.39 is 17.4 Å². The molecule has 0 saturated heterocycles. The first-order chi connectivity index (χ1) is 10.5. The Kier molecular flexibility index (Phi) is 5.06. The molecule has 0 heterocycles. The number of esters is 1. The highest BCUT2D eigenvalue weighted by molar-refractivity contribution is 5.92. The molecule has 5 heteroatoms. The van der Waals surface area contributed by atoms with Gasteiger partial charge in [0.05, 0.1) is 19.6 Å². The predicted molar refractivity (Wildman–Crippen MR) is 82.8 cm³/mol. The molecular formula is C17H23NO4. The number of ether oxygens (including phenoxy) is 2. The maximum atomic E-state index is 12.8. The first-order valence-corrected chi connectivity index (χ1v) is 7.57.